The Morgan fingerprint density at radius 2 is 1.71 bits per heavy atom. The third-order valence-corrected chi connectivity index (χ3v) is 4.83. The van der Waals surface area contributed by atoms with E-state index in [-0.39, 0.29) is 11.8 Å². The molecule has 4 aromatic rings. The molecule has 0 aliphatic heterocycles. The summed E-state index contributed by atoms with van der Waals surface area (Å²) in [7, 11) is 0. The normalized spacial score (nSPS) is 12.0. The predicted octanol–water partition coefficient (Wildman–Crippen LogP) is 4.95. The molecule has 0 spiro atoms. The first kappa shape index (κ1) is 18.0. The van der Waals surface area contributed by atoms with Crippen LogP contribution in [0.2, 0.25) is 0 Å². The van der Waals surface area contributed by atoms with Crippen molar-refractivity contribution in [3.8, 4) is 0 Å². The standard InChI is InChI=1S/C24H22N2O2/c1-17(19-10-6-3-7-11-19)16-25-24(27)20-12-13-21-22(15-20)28-23(26-21)14-18-8-4-2-5-9-18/h2-13,15,17H,14,16H2,1H3,(H,25,27)/t17-/m1/s1. The minimum Gasteiger partial charge on any atom is -0.440 e. The first-order valence-electron chi connectivity index (χ1n) is 9.45. The van der Waals surface area contributed by atoms with Crippen molar-refractivity contribution in [1.29, 1.82) is 0 Å². The van der Waals surface area contributed by atoms with Crippen LogP contribution in [0.1, 0.15) is 40.2 Å². The van der Waals surface area contributed by atoms with Crippen molar-refractivity contribution in [2.24, 2.45) is 0 Å². The minimum absolute atomic E-state index is 0.106. The highest BCUT2D eigenvalue weighted by molar-refractivity contribution is 5.97. The second-order valence-corrected chi connectivity index (χ2v) is 6.97. The zero-order chi connectivity index (χ0) is 19.3. The van der Waals surface area contributed by atoms with Gasteiger partial charge in [0.2, 0.25) is 0 Å². The van der Waals surface area contributed by atoms with Gasteiger partial charge in [0, 0.05) is 18.5 Å². The van der Waals surface area contributed by atoms with Crippen LogP contribution in [0.4, 0.5) is 0 Å². The monoisotopic (exact) mass is 370 g/mol. The molecule has 4 nitrogen and oxygen atoms in total. The van der Waals surface area contributed by atoms with Crippen LogP contribution < -0.4 is 5.32 Å². The van der Waals surface area contributed by atoms with E-state index < -0.39 is 0 Å². The van der Waals surface area contributed by atoms with E-state index in [0.29, 0.717) is 30.0 Å². The van der Waals surface area contributed by atoms with Crippen LogP contribution in [0.15, 0.2) is 83.3 Å². The van der Waals surface area contributed by atoms with E-state index in [1.54, 1.807) is 12.1 Å². The summed E-state index contributed by atoms with van der Waals surface area (Å²) < 4.78 is 5.87. The molecule has 1 heterocycles. The van der Waals surface area contributed by atoms with Gasteiger partial charge in [-0.15, -0.1) is 0 Å². The number of rotatable bonds is 6. The molecule has 1 N–H and O–H groups in total. The summed E-state index contributed by atoms with van der Waals surface area (Å²) in [6.45, 7) is 2.68. The van der Waals surface area contributed by atoms with E-state index in [2.05, 4.69) is 29.4 Å². The lowest BCUT2D eigenvalue weighted by atomic mass is 10.0. The number of hydrogen-bond donors (Lipinski definition) is 1. The molecule has 1 atom stereocenters. The Hall–Kier alpha value is -3.40. The summed E-state index contributed by atoms with van der Waals surface area (Å²) in [6.07, 6.45) is 0.631. The van der Waals surface area contributed by atoms with Crippen molar-refractivity contribution in [1.82, 2.24) is 10.3 Å². The van der Waals surface area contributed by atoms with Gasteiger partial charge in [-0.25, -0.2) is 4.98 Å². The predicted molar refractivity (Wildman–Crippen MR) is 110 cm³/mol. The zero-order valence-corrected chi connectivity index (χ0v) is 15.8. The number of hydrogen-bond acceptors (Lipinski definition) is 3. The van der Waals surface area contributed by atoms with E-state index in [1.807, 2.05) is 54.6 Å². The lowest BCUT2D eigenvalue weighted by molar-refractivity contribution is 0.0951. The highest BCUT2D eigenvalue weighted by atomic mass is 16.3. The van der Waals surface area contributed by atoms with E-state index >= 15 is 0 Å². The summed E-state index contributed by atoms with van der Waals surface area (Å²) >= 11 is 0. The van der Waals surface area contributed by atoms with E-state index in [1.165, 1.54) is 5.56 Å². The number of aromatic nitrogens is 1. The molecule has 0 saturated carbocycles. The topological polar surface area (TPSA) is 55.1 Å². The quantitative estimate of drug-likeness (QED) is 0.522. The van der Waals surface area contributed by atoms with Crippen molar-refractivity contribution in [2.75, 3.05) is 6.54 Å². The van der Waals surface area contributed by atoms with Gasteiger partial charge in [-0.05, 0) is 35.2 Å². The van der Waals surface area contributed by atoms with Gasteiger partial charge in [-0.1, -0.05) is 67.6 Å². The number of benzene rings is 3. The van der Waals surface area contributed by atoms with Gasteiger partial charge in [0.1, 0.15) is 5.52 Å². The Morgan fingerprint density at radius 1 is 1.00 bits per heavy atom. The number of nitrogens with one attached hydrogen (secondary N) is 1. The van der Waals surface area contributed by atoms with Crippen LogP contribution in [0, 0.1) is 0 Å². The van der Waals surface area contributed by atoms with Gasteiger partial charge >= 0.3 is 0 Å². The van der Waals surface area contributed by atoms with Crippen LogP contribution in [0.3, 0.4) is 0 Å². The maximum atomic E-state index is 12.5. The van der Waals surface area contributed by atoms with Crippen molar-refractivity contribution in [2.45, 2.75) is 19.3 Å². The van der Waals surface area contributed by atoms with Gasteiger partial charge in [0.15, 0.2) is 11.5 Å². The molecule has 0 fully saturated rings. The molecule has 0 aliphatic rings. The maximum Gasteiger partial charge on any atom is 0.251 e. The average Bonchev–Trinajstić information content (AvgIpc) is 3.14. The summed E-state index contributed by atoms with van der Waals surface area (Å²) in [5.41, 5.74) is 4.32. The van der Waals surface area contributed by atoms with E-state index in [4.69, 9.17) is 4.42 Å². The fourth-order valence-corrected chi connectivity index (χ4v) is 3.21. The van der Waals surface area contributed by atoms with Gasteiger partial charge < -0.3 is 9.73 Å². The molecular weight excluding hydrogens is 348 g/mol. The molecule has 0 aliphatic carbocycles. The number of carbonyl (C=O) groups is 1. The molecule has 28 heavy (non-hydrogen) atoms. The molecular formula is C24H22N2O2. The molecule has 3 aromatic carbocycles. The van der Waals surface area contributed by atoms with Gasteiger partial charge in [-0.3, -0.25) is 4.79 Å². The molecule has 0 saturated heterocycles. The minimum atomic E-state index is -0.106. The van der Waals surface area contributed by atoms with Crippen LogP contribution >= 0.6 is 0 Å². The Bertz CT molecular complexity index is 1070. The fraction of sp³-hybridized carbons (Fsp3) is 0.167. The molecule has 0 unspecified atom stereocenters. The Balaban J connectivity index is 1.44. The lowest BCUT2D eigenvalue weighted by Crippen LogP contribution is -2.27. The first-order valence-corrected chi connectivity index (χ1v) is 9.45. The summed E-state index contributed by atoms with van der Waals surface area (Å²) in [4.78, 5) is 17.1. The zero-order valence-electron chi connectivity index (χ0n) is 15.8. The Labute approximate surface area is 164 Å². The van der Waals surface area contributed by atoms with Crippen LogP contribution in [0.5, 0.6) is 0 Å². The summed E-state index contributed by atoms with van der Waals surface area (Å²) in [6, 6.07) is 25.6. The average molecular weight is 370 g/mol. The van der Waals surface area contributed by atoms with Crippen molar-refractivity contribution < 1.29 is 9.21 Å². The molecule has 1 aromatic heterocycles. The van der Waals surface area contributed by atoms with E-state index in [9.17, 15) is 4.79 Å². The Kier molecular flexibility index (Phi) is 5.20. The maximum absolute atomic E-state index is 12.5. The Morgan fingerprint density at radius 3 is 2.46 bits per heavy atom. The summed E-state index contributed by atoms with van der Waals surface area (Å²) in [5.74, 6) is 0.791. The molecule has 4 rings (SSSR count). The van der Waals surface area contributed by atoms with Crippen molar-refractivity contribution >= 4 is 17.0 Å². The van der Waals surface area contributed by atoms with Crippen LogP contribution in [-0.2, 0) is 6.42 Å². The first-order chi connectivity index (χ1) is 13.7. The van der Waals surface area contributed by atoms with Gasteiger partial charge in [0.25, 0.3) is 5.91 Å². The highest BCUT2D eigenvalue weighted by Gasteiger charge is 2.13. The molecule has 0 bridgehead atoms. The molecule has 140 valence electrons. The van der Waals surface area contributed by atoms with Crippen molar-refractivity contribution in [3.05, 3.63) is 101 Å². The summed E-state index contributed by atoms with van der Waals surface area (Å²) in [5, 5.41) is 3.01. The number of fused-ring (bicyclic) bond motifs is 1. The SMILES string of the molecule is C[C@H](CNC(=O)c1ccc2nc(Cc3ccccc3)oc2c1)c1ccccc1. The second kappa shape index (κ2) is 8.09. The smallest absolute Gasteiger partial charge is 0.251 e. The third kappa shape index (κ3) is 4.12. The van der Waals surface area contributed by atoms with Crippen LogP contribution in [0.25, 0.3) is 11.1 Å². The molecule has 4 heteroatoms. The van der Waals surface area contributed by atoms with Gasteiger partial charge in [-0.2, -0.15) is 0 Å². The van der Waals surface area contributed by atoms with Gasteiger partial charge in [0.05, 0.1) is 0 Å². The fourth-order valence-electron chi connectivity index (χ4n) is 3.21. The highest BCUT2D eigenvalue weighted by Crippen LogP contribution is 2.20. The molecule has 1 amide bonds. The lowest BCUT2D eigenvalue weighted by Gasteiger charge is -2.13. The number of nitrogens with zero attached hydrogens (tertiary/aromatic N) is 1. The third-order valence-electron chi connectivity index (χ3n) is 4.83. The number of amides is 1. The van der Waals surface area contributed by atoms with Crippen molar-refractivity contribution in [3.63, 3.8) is 0 Å². The van der Waals surface area contributed by atoms with E-state index in [0.717, 1.165) is 11.1 Å². The molecule has 0 radical (unpaired) electrons. The number of oxazole rings is 1. The van der Waals surface area contributed by atoms with Crippen LogP contribution in [-0.4, -0.2) is 17.4 Å². The second-order valence-electron chi connectivity index (χ2n) is 6.97. The largest absolute Gasteiger partial charge is 0.440 e. The number of carbonyl (C=O) groups excluding carboxylic acids is 1.